The highest BCUT2D eigenvalue weighted by Gasteiger charge is 2.10. The number of rotatable bonds is 7. The predicted molar refractivity (Wildman–Crippen MR) is 104 cm³/mol. The fraction of sp³-hybridized carbons (Fsp3) is 0.0526. The highest BCUT2D eigenvalue weighted by atomic mass is 35.5. The van der Waals surface area contributed by atoms with E-state index in [0.29, 0.717) is 10.7 Å². The number of aliphatic carboxylic acids is 1. The van der Waals surface area contributed by atoms with E-state index in [1.165, 1.54) is 6.08 Å². The average molecular weight is 374 g/mol. The van der Waals surface area contributed by atoms with Gasteiger partial charge in [0, 0.05) is 10.7 Å². The smallest absolute Gasteiger partial charge is 0.342 e. The van der Waals surface area contributed by atoms with Crippen molar-refractivity contribution in [3.63, 3.8) is 0 Å². The molecule has 2 aromatic rings. The average Bonchev–Trinajstić information content (AvgIpc) is 2.60. The molecule has 25 heavy (non-hydrogen) atoms. The molecule has 4 nitrogen and oxygen atoms in total. The molecule has 0 aliphatic heterocycles. The summed E-state index contributed by atoms with van der Waals surface area (Å²) in [6.07, 6.45) is 4.94. The van der Waals surface area contributed by atoms with E-state index in [2.05, 4.69) is 5.32 Å². The number of hydrogen-bond acceptors (Lipinski definition) is 3. The van der Waals surface area contributed by atoms with Gasteiger partial charge in [-0.1, -0.05) is 54.1 Å². The van der Waals surface area contributed by atoms with Crippen LogP contribution >= 0.6 is 23.4 Å². The first-order valence-electron chi connectivity index (χ1n) is 7.39. The third kappa shape index (κ3) is 6.87. The van der Waals surface area contributed by atoms with Crippen LogP contribution in [0.15, 0.2) is 71.7 Å². The van der Waals surface area contributed by atoms with E-state index >= 15 is 0 Å². The van der Waals surface area contributed by atoms with Crippen molar-refractivity contribution >= 4 is 47.0 Å². The number of carbonyl (C=O) groups excluding carboxylic acids is 1. The van der Waals surface area contributed by atoms with Gasteiger partial charge in [0.1, 0.15) is 0 Å². The molecule has 0 atom stereocenters. The van der Waals surface area contributed by atoms with Crippen LogP contribution in [0.3, 0.4) is 0 Å². The minimum Gasteiger partial charge on any atom is -0.477 e. The van der Waals surface area contributed by atoms with Gasteiger partial charge >= 0.3 is 5.97 Å². The van der Waals surface area contributed by atoms with Gasteiger partial charge in [-0.25, -0.2) is 4.79 Å². The number of amides is 1. The molecule has 0 aliphatic carbocycles. The zero-order chi connectivity index (χ0) is 18.1. The van der Waals surface area contributed by atoms with E-state index in [1.54, 1.807) is 36.4 Å². The number of carboxylic acids is 1. The first-order valence-corrected chi connectivity index (χ1v) is 8.76. The number of benzene rings is 2. The molecule has 0 unspecified atom stereocenters. The summed E-state index contributed by atoms with van der Waals surface area (Å²) in [6, 6.07) is 16.2. The molecule has 0 bridgehead atoms. The highest BCUT2D eigenvalue weighted by molar-refractivity contribution is 8.04. The Morgan fingerprint density at radius 3 is 2.40 bits per heavy atom. The van der Waals surface area contributed by atoms with Crippen LogP contribution in [-0.2, 0) is 9.59 Å². The van der Waals surface area contributed by atoms with Crippen molar-refractivity contribution in [2.24, 2.45) is 0 Å². The number of anilines is 1. The van der Waals surface area contributed by atoms with Gasteiger partial charge in [-0.3, -0.25) is 4.79 Å². The van der Waals surface area contributed by atoms with E-state index < -0.39 is 5.97 Å². The van der Waals surface area contributed by atoms with E-state index in [9.17, 15) is 14.7 Å². The van der Waals surface area contributed by atoms with Gasteiger partial charge in [-0.05, 0) is 35.9 Å². The Bertz CT molecular complexity index is 786. The highest BCUT2D eigenvalue weighted by Crippen LogP contribution is 2.18. The summed E-state index contributed by atoms with van der Waals surface area (Å²) in [7, 11) is 0. The van der Waals surface area contributed by atoms with Crippen molar-refractivity contribution in [3.8, 4) is 0 Å². The second-order valence-corrected chi connectivity index (χ2v) is 6.40. The molecule has 0 heterocycles. The number of thioether (sulfide) groups is 1. The van der Waals surface area contributed by atoms with Crippen LogP contribution in [-0.4, -0.2) is 22.7 Å². The second-order valence-electron chi connectivity index (χ2n) is 4.95. The first-order chi connectivity index (χ1) is 12.0. The number of halogens is 1. The van der Waals surface area contributed by atoms with Crippen molar-refractivity contribution < 1.29 is 14.7 Å². The van der Waals surface area contributed by atoms with Crippen LogP contribution in [0.4, 0.5) is 5.69 Å². The van der Waals surface area contributed by atoms with Gasteiger partial charge in [0.2, 0.25) is 5.91 Å². The number of nitrogens with one attached hydrogen (secondary N) is 1. The SMILES string of the molecule is O=C(CS/C(=C/C=C/c1ccccc1)C(=O)O)Nc1ccc(Cl)cc1. The van der Waals surface area contributed by atoms with Gasteiger partial charge in [0.05, 0.1) is 10.7 Å². The van der Waals surface area contributed by atoms with E-state index in [-0.39, 0.29) is 16.6 Å². The molecule has 0 fully saturated rings. The Morgan fingerprint density at radius 2 is 1.76 bits per heavy atom. The topological polar surface area (TPSA) is 66.4 Å². The first kappa shape index (κ1) is 18.8. The standard InChI is InChI=1S/C19H16ClNO3S/c20-15-9-11-16(12-10-15)21-18(22)13-25-17(19(23)24)8-4-7-14-5-2-1-3-6-14/h1-12H,13H2,(H,21,22)(H,23,24)/b7-4+,17-8+. The molecule has 128 valence electrons. The monoisotopic (exact) mass is 373 g/mol. The van der Waals surface area contributed by atoms with Crippen LogP contribution in [0.1, 0.15) is 5.56 Å². The zero-order valence-corrected chi connectivity index (χ0v) is 14.8. The van der Waals surface area contributed by atoms with Crippen LogP contribution in [0, 0.1) is 0 Å². The molecular formula is C19H16ClNO3S. The molecule has 0 saturated carbocycles. The summed E-state index contributed by atoms with van der Waals surface area (Å²) in [5.74, 6) is -1.35. The number of hydrogen-bond donors (Lipinski definition) is 2. The Balaban J connectivity index is 1.91. The Labute approximate surface area is 155 Å². The van der Waals surface area contributed by atoms with Crippen LogP contribution in [0.2, 0.25) is 5.02 Å². The molecule has 6 heteroatoms. The van der Waals surface area contributed by atoms with Crippen LogP contribution in [0.25, 0.3) is 6.08 Å². The molecule has 0 aromatic heterocycles. The quantitative estimate of drug-likeness (QED) is 0.545. The van der Waals surface area contributed by atoms with Gasteiger partial charge < -0.3 is 10.4 Å². The number of allylic oxidation sites excluding steroid dienone is 2. The van der Waals surface area contributed by atoms with Crippen LogP contribution in [0.5, 0.6) is 0 Å². The van der Waals surface area contributed by atoms with Gasteiger partial charge in [0.25, 0.3) is 0 Å². The lowest BCUT2D eigenvalue weighted by Gasteiger charge is -2.05. The minimum absolute atomic E-state index is 0.0000628. The molecule has 0 spiro atoms. The molecule has 2 aromatic carbocycles. The zero-order valence-electron chi connectivity index (χ0n) is 13.2. The summed E-state index contributed by atoms with van der Waals surface area (Å²) in [5, 5.41) is 12.5. The lowest BCUT2D eigenvalue weighted by Crippen LogP contribution is -2.14. The lowest BCUT2D eigenvalue weighted by atomic mass is 10.2. The van der Waals surface area contributed by atoms with Gasteiger partial charge in [0.15, 0.2) is 0 Å². The maximum Gasteiger partial charge on any atom is 0.342 e. The van der Waals surface area contributed by atoms with E-state index in [0.717, 1.165) is 17.3 Å². The van der Waals surface area contributed by atoms with Crippen molar-refractivity contribution in [2.45, 2.75) is 0 Å². The number of carboxylic acid groups (broad SMARTS) is 1. The minimum atomic E-state index is -1.07. The summed E-state index contributed by atoms with van der Waals surface area (Å²) in [5.41, 5.74) is 1.58. The molecule has 1 amide bonds. The van der Waals surface area contributed by atoms with Gasteiger partial charge in [-0.2, -0.15) is 0 Å². The Morgan fingerprint density at radius 1 is 1.08 bits per heavy atom. The molecule has 2 N–H and O–H groups in total. The molecule has 0 saturated heterocycles. The summed E-state index contributed by atoms with van der Waals surface area (Å²) in [6.45, 7) is 0. The molecule has 0 aliphatic rings. The third-order valence-electron chi connectivity index (χ3n) is 3.03. The molecular weight excluding hydrogens is 358 g/mol. The molecule has 2 rings (SSSR count). The van der Waals surface area contributed by atoms with Crippen molar-refractivity contribution in [2.75, 3.05) is 11.1 Å². The number of carbonyl (C=O) groups is 2. The maximum absolute atomic E-state index is 11.9. The summed E-state index contributed by atoms with van der Waals surface area (Å²) >= 11 is 6.75. The van der Waals surface area contributed by atoms with E-state index in [4.69, 9.17) is 11.6 Å². The maximum atomic E-state index is 11.9. The third-order valence-corrected chi connectivity index (χ3v) is 4.31. The van der Waals surface area contributed by atoms with Crippen molar-refractivity contribution in [1.82, 2.24) is 0 Å². The van der Waals surface area contributed by atoms with Crippen molar-refractivity contribution in [1.29, 1.82) is 0 Å². The Kier molecular flexibility index (Phi) is 7.32. The lowest BCUT2D eigenvalue weighted by molar-refractivity contribution is -0.131. The van der Waals surface area contributed by atoms with Crippen molar-refractivity contribution in [3.05, 3.63) is 82.2 Å². The summed E-state index contributed by atoms with van der Waals surface area (Å²) in [4.78, 5) is 23.3. The molecule has 0 radical (unpaired) electrons. The fourth-order valence-corrected chi connectivity index (χ4v) is 2.65. The normalized spacial score (nSPS) is 11.5. The van der Waals surface area contributed by atoms with Crippen LogP contribution < -0.4 is 5.32 Å². The predicted octanol–water partition coefficient (Wildman–Crippen LogP) is 4.69. The van der Waals surface area contributed by atoms with Gasteiger partial charge in [-0.15, -0.1) is 11.8 Å². The largest absolute Gasteiger partial charge is 0.477 e. The second kappa shape index (κ2) is 9.71. The Hall–Kier alpha value is -2.50. The fourth-order valence-electron chi connectivity index (χ4n) is 1.87. The summed E-state index contributed by atoms with van der Waals surface area (Å²) < 4.78 is 0. The van der Waals surface area contributed by atoms with E-state index in [1.807, 2.05) is 30.3 Å².